The fraction of sp³-hybridized carbons (Fsp3) is 0.600. The Morgan fingerprint density at radius 2 is 2.05 bits per heavy atom. The van der Waals surface area contributed by atoms with Crippen LogP contribution >= 0.6 is 0 Å². The second kappa shape index (κ2) is 6.03. The van der Waals surface area contributed by atoms with E-state index in [4.69, 9.17) is 0 Å². The summed E-state index contributed by atoms with van der Waals surface area (Å²) >= 11 is 0. The zero-order valence-electron chi connectivity index (χ0n) is 11.7. The highest BCUT2D eigenvalue weighted by molar-refractivity contribution is 5.56. The van der Waals surface area contributed by atoms with Gasteiger partial charge in [-0.1, -0.05) is 6.92 Å². The third-order valence-electron chi connectivity index (χ3n) is 3.96. The highest BCUT2D eigenvalue weighted by atomic mass is 16.3. The molecule has 0 bridgehead atoms. The summed E-state index contributed by atoms with van der Waals surface area (Å²) in [5.41, 5.74) is 4.38. The van der Waals surface area contributed by atoms with E-state index in [1.165, 1.54) is 17.5 Å². The number of pyridine rings is 1. The summed E-state index contributed by atoms with van der Waals surface area (Å²) < 4.78 is 0. The fourth-order valence-corrected chi connectivity index (χ4v) is 2.78. The number of anilines is 1. The summed E-state index contributed by atoms with van der Waals surface area (Å²) in [6.07, 6.45) is 5.23. The van der Waals surface area contributed by atoms with Crippen molar-refractivity contribution in [3.05, 3.63) is 22.4 Å². The lowest BCUT2D eigenvalue weighted by atomic mass is 9.88. The van der Waals surface area contributed by atoms with E-state index < -0.39 is 0 Å². The third kappa shape index (κ3) is 2.71. The summed E-state index contributed by atoms with van der Waals surface area (Å²) in [6, 6.07) is 2.32. The molecule has 102 valence electrons. The molecule has 4 nitrogen and oxygen atoms in total. The molecule has 0 saturated carbocycles. The zero-order chi connectivity index (χ0) is 13.8. The predicted octanol–water partition coefficient (Wildman–Crippen LogP) is 1.74. The van der Waals surface area contributed by atoms with Gasteiger partial charge in [0.15, 0.2) is 0 Å². The largest absolute Gasteiger partial charge is 0.392 e. The molecular formula is C15H22N3O+. The average Bonchev–Trinajstić information content (AvgIpc) is 2.45. The Kier molecular flexibility index (Phi) is 4.39. The van der Waals surface area contributed by atoms with Crippen molar-refractivity contribution in [1.29, 1.82) is 5.26 Å². The number of aliphatic hydroxyl groups is 1. The van der Waals surface area contributed by atoms with Crippen molar-refractivity contribution in [2.45, 2.75) is 52.0 Å². The van der Waals surface area contributed by atoms with E-state index in [-0.39, 0.29) is 12.6 Å². The number of hydrogen-bond acceptors (Lipinski definition) is 3. The zero-order valence-corrected chi connectivity index (χ0v) is 11.7. The molecule has 4 heteroatoms. The van der Waals surface area contributed by atoms with Crippen LogP contribution in [0.3, 0.4) is 0 Å². The Morgan fingerprint density at radius 3 is 2.63 bits per heavy atom. The van der Waals surface area contributed by atoms with E-state index in [2.05, 4.69) is 23.3 Å². The van der Waals surface area contributed by atoms with Gasteiger partial charge in [0.1, 0.15) is 23.4 Å². The molecule has 0 fully saturated rings. The predicted molar refractivity (Wildman–Crippen MR) is 73.9 cm³/mol. The molecule has 0 aromatic carbocycles. The van der Waals surface area contributed by atoms with Crippen molar-refractivity contribution < 1.29 is 10.1 Å². The molecule has 0 aliphatic heterocycles. The van der Waals surface area contributed by atoms with Crippen molar-refractivity contribution in [2.24, 2.45) is 0 Å². The van der Waals surface area contributed by atoms with Crippen LogP contribution in [0, 0.1) is 18.3 Å². The van der Waals surface area contributed by atoms with Gasteiger partial charge in [0.2, 0.25) is 0 Å². The Bertz CT molecular complexity index is 501. The quantitative estimate of drug-likeness (QED) is 0.866. The van der Waals surface area contributed by atoms with Crippen LogP contribution in [0.1, 0.15) is 48.6 Å². The molecule has 0 radical (unpaired) electrons. The molecule has 0 unspecified atom stereocenters. The Balaban J connectivity index is 2.44. The van der Waals surface area contributed by atoms with Gasteiger partial charge in [-0.2, -0.15) is 5.26 Å². The van der Waals surface area contributed by atoms with Gasteiger partial charge in [-0.25, -0.2) is 4.98 Å². The highest BCUT2D eigenvalue weighted by Crippen LogP contribution is 2.28. The van der Waals surface area contributed by atoms with Crippen LogP contribution in [-0.4, -0.2) is 17.8 Å². The number of rotatable bonds is 4. The third-order valence-corrected chi connectivity index (χ3v) is 3.96. The topological polar surface area (TPSA) is 70.2 Å². The van der Waals surface area contributed by atoms with Crippen molar-refractivity contribution in [3.63, 3.8) is 0 Å². The number of nitrogens with one attached hydrogen (secondary N) is 2. The first-order valence-electron chi connectivity index (χ1n) is 7.06. The van der Waals surface area contributed by atoms with Gasteiger partial charge in [-0.3, -0.25) is 5.32 Å². The second-order valence-corrected chi connectivity index (χ2v) is 5.21. The van der Waals surface area contributed by atoms with Gasteiger partial charge in [0.25, 0.3) is 5.82 Å². The molecule has 0 spiro atoms. The SMILES string of the molecule is CC[C@@H](CO)Nc1[nH+]c(C)c2c(c1C#N)CCCC2. The number of aromatic nitrogens is 1. The van der Waals surface area contributed by atoms with E-state index >= 15 is 0 Å². The van der Waals surface area contributed by atoms with Crippen molar-refractivity contribution in [2.75, 3.05) is 11.9 Å². The Morgan fingerprint density at radius 1 is 1.37 bits per heavy atom. The van der Waals surface area contributed by atoms with Gasteiger partial charge < -0.3 is 5.11 Å². The van der Waals surface area contributed by atoms with Gasteiger partial charge in [0.05, 0.1) is 6.61 Å². The normalized spacial score (nSPS) is 15.5. The van der Waals surface area contributed by atoms with Crippen LogP contribution in [0.5, 0.6) is 0 Å². The van der Waals surface area contributed by atoms with Crippen LogP contribution in [0.15, 0.2) is 0 Å². The van der Waals surface area contributed by atoms with E-state index in [1.807, 2.05) is 6.92 Å². The molecule has 2 rings (SSSR count). The molecule has 19 heavy (non-hydrogen) atoms. The number of H-pyrrole nitrogens is 1. The number of hydrogen-bond donors (Lipinski definition) is 2. The van der Waals surface area contributed by atoms with Crippen LogP contribution in [-0.2, 0) is 12.8 Å². The van der Waals surface area contributed by atoms with Gasteiger partial charge in [-0.05, 0) is 50.2 Å². The van der Waals surface area contributed by atoms with Gasteiger partial charge in [0, 0.05) is 0 Å². The fourth-order valence-electron chi connectivity index (χ4n) is 2.78. The maximum absolute atomic E-state index is 9.45. The molecule has 1 aliphatic rings. The molecule has 0 amide bonds. The number of aromatic amines is 1. The van der Waals surface area contributed by atoms with Crippen molar-refractivity contribution in [1.82, 2.24) is 0 Å². The number of aliphatic hydroxyl groups excluding tert-OH is 1. The van der Waals surface area contributed by atoms with Crippen molar-refractivity contribution >= 4 is 5.82 Å². The van der Waals surface area contributed by atoms with E-state index in [0.29, 0.717) is 0 Å². The maximum atomic E-state index is 9.45. The minimum Gasteiger partial charge on any atom is -0.392 e. The summed E-state index contributed by atoms with van der Waals surface area (Å²) in [7, 11) is 0. The first-order chi connectivity index (χ1) is 9.21. The van der Waals surface area contributed by atoms with E-state index in [9.17, 15) is 10.4 Å². The smallest absolute Gasteiger partial charge is 0.291 e. The van der Waals surface area contributed by atoms with E-state index in [0.717, 1.165) is 42.8 Å². The monoisotopic (exact) mass is 260 g/mol. The van der Waals surface area contributed by atoms with E-state index in [1.54, 1.807) is 0 Å². The van der Waals surface area contributed by atoms with Gasteiger partial charge >= 0.3 is 0 Å². The van der Waals surface area contributed by atoms with Crippen molar-refractivity contribution in [3.8, 4) is 6.07 Å². The Hall–Kier alpha value is -1.60. The lowest BCUT2D eigenvalue weighted by Crippen LogP contribution is -2.30. The molecule has 1 aromatic rings. The van der Waals surface area contributed by atoms with Gasteiger partial charge in [-0.15, -0.1) is 0 Å². The van der Waals surface area contributed by atoms with Crippen LogP contribution in [0.4, 0.5) is 5.82 Å². The molecule has 1 aliphatic carbocycles. The molecule has 1 aromatic heterocycles. The first kappa shape index (κ1) is 13.8. The summed E-state index contributed by atoms with van der Waals surface area (Å²) in [6.45, 7) is 4.16. The summed E-state index contributed by atoms with van der Waals surface area (Å²) in [5, 5.41) is 22.0. The minimum atomic E-state index is -0.00982. The number of nitrogens with zero attached hydrogens (tertiary/aromatic N) is 1. The second-order valence-electron chi connectivity index (χ2n) is 5.21. The first-order valence-corrected chi connectivity index (χ1v) is 7.06. The molecule has 1 atom stereocenters. The lowest BCUT2D eigenvalue weighted by molar-refractivity contribution is -0.372. The molecular weight excluding hydrogens is 238 g/mol. The number of nitriles is 1. The standard InChI is InChI=1S/C15H21N3O/c1-3-11(9-19)18-15-14(8-16)13-7-5-4-6-12(13)10(2)17-15/h11,19H,3-7,9H2,1-2H3,(H,17,18)/p+1/t11-/m0/s1. The number of aryl methyl sites for hydroxylation is 1. The number of fused-ring (bicyclic) bond motifs is 1. The highest BCUT2D eigenvalue weighted by Gasteiger charge is 2.25. The molecule has 3 N–H and O–H groups in total. The summed E-state index contributed by atoms with van der Waals surface area (Å²) in [5.74, 6) is 0.765. The van der Waals surface area contributed by atoms with Crippen LogP contribution in [0.25, 0.3) is 0 Å². The lowest BCUT2D eigenvalue weighted by Gasteiger charge is -2.19. The summed E-state index contributed by atoms with van der Waals surface area (Å²) in [4.78, 5) is 3.31. The minimum absolute atomic E-state index is 0.00982. The molecule has 0 saturated heterocycles. The average molecular weight is 260 g/mol. The molecule has 1 heterocycles. The van der Waals surface area contributed by atoms with Crippen LogP contribution in [0.2, 0.25) is 0 Å². The van der Waals surface area contributed by atoms with Crippen LogP contribution < -0.4 is 10.3 Å². The Labute approximate surface area is 114 Å². The maximum Gasteiger partial charge on any atom is 0.291 e.